The average molecular weight is 372 g/mol. The average Bonchev–Trinajstić information content (AvgIpc) is 2.45. The van der Waals surface area contributed by atoms with Gasteiger partial charge in [0.05, 0.1) is 6.26 Å². The van der Waals surface area contributed by atoms with Gasteiger partial charge < -0.3 is 14.6 Å². The summed E-state index contributed by atoms with van der Waals surface area (Å²) in [5.41, 5.74) is 0. The molecule has 0 aliphatic rings. The van der Waals surface area contributed by atoms with Gasteiger partial charge in [0, 0.05) is 12.4 Å². The number of rotatable bonds is 13. The summed E-state index contributed by atoms with van der Waals surface area (Å²) in [5, 5.41) is 8.22. The smallest absolute Gasteiger partial charge is 0.550 e. The number of carboxylic acid groups (broad SMARTS) is 1. The van der Waals surface area contributed by atoms with Crippen molar-refractivity contribution in [3.8, 4) is 0 Å². The molecule has 1 N–H and O–H groups in total. The Labute approximate surface area is 165 Å². The van der Waals surface area contributed by atoms with Gasteiger partial charge in [0.2, 0.25) is 0 Å². The molecular weight excluding hydrogens is 347 g/mol. The first-order chi connectivity index (χ1) is 10.8. The standard InChI is InChI=1S/C15H26O7S.Na/c1-2-3-4-5-6-7-8-9-10-11-22-15(18)13(12-14(16)17)23(19,20)21;/h10-11,13H,2-9,12H2,1H3,(H,16,17)(H,19,20,21);/q;+1/p-1. The molecule has 0 bridgehead atoms. The van der Waals surface area contributed by atoms with E-state index in [9.17, 15) is 23.1 Å². The van der Waals surface area contributed by atoms with Crippen molar-refractivity contribution in [1.82, 2.24) is 0 Å². The fourth-order valence-corrected chi connectivity index (χ4v) is 2.59. The quantitative estimate of drug-likeness (QED) is 0.139. The Balaban J connectivity index is 0. The maximum Gasteiger partial charge on any atom is 1.00 e. The number of carboxylic acids is 1. The Hall–Kier alpha value is -0.410. The third kappa shape index (κ3) is 14.0. The maximum atomic E-state index is 11.5. The van der Waals surface area contributed by atoms with Crippen LogP contribution in [0.5, 0.6) is 0 Å². The minimum atomic E-state index is -4.85. The number of unbranched alkanes of at least 4 members (excludes halogenated alkanes) is 7. The second-order valence-electron chi connectivity index (χ2n) is 5.30. The fraction of sp³-hybridized carbons (Fsp3) is 0.733. The largest absolute Gasteiger partial charge is 1.00 e. The van der Waals surface area contributed by atoms with Crippen LogP contribution in [-0.4, -0.2) is 30.2 Å². The number of carbonyl (C=O) groups is 2. The molecule has 1 unspecified atom stereocenters. The molecule has 0 fully saturated rings. The van der Waals surface area contributed by atoms with Gasteiger partial charge in [0.1, 0.15) is 0 Å². The van der Waals surface area contributed by atoms with Crippen molar-refractivity contribution in [2.24, 2.45) is 0 Å². The zero-order valence-electron chi connectivity index (χ0n) is 14.4. The predicted octanol–water partition coefficient (Wildman–Crippen LogP) is -1.42. The number of allylic oxidation sites excluding steroid dienone is 1. The fourth-order valence-electron chi connectivity index (χ4n) is 1.94. The van der Waals surface area contributed by atoms with E-state index in [-0.39, 0.29) is 29.6 Å². The first kappa shape index (κ1) is 25.8. The molecule has 0 saturated carbocycles. The van der Waals surface area contributed by atoms with Crippen LogP contribution in [0.2, 0.25) is 0 Å². The molecule has 0 aliphatic heterocycles. The number of carbonyl (C=O) groups excluding carboxylic acids is 2. The molecule has 0 rings (SSSR count). The van der Waals surface area contributed by atoms with Crippen molar-refractivity contribution < 1.29 is 62.0 Å². The van der Waals surface area contributed by atoms with Crippen LogP contribution in [-0.2, 0) is 24.4 Å². The monoisotopic (exact) mass is 372 g/mol. The van der Waals surface area contributed by atoms with Gasteiger partial charge in [-0.25, -0.2) is 0 Å². The number of hydrogen-bond donors (Lipinski definition) is 1. The maximum absolute atomic E-state index is 11.5. The molecule has 0 aromatic heterocycles. The third-order valence-corrected chi connectivity index (χ3v) is 4.31. The number of aliphatic carboxylic acids is 1. The molecule has 0 heterocycles. The van der Waals surface area contributed by atoms with E-state index >= 15 is 0 Å². The number of esters is 1. The van der Waals surface area contributed by atoms with Gasteiger partial charge in [-0.2, -0.15) is 8.42 Å². The first-order valence-corrected chi connectivity index (χ1v) is 9.31. The van der Waals surface area contributed by atoms with Crippen LogP contribution in [0.1, 0.15) is 64.7 Å². The van der Waals surface area contributed by atoms with Crippen LogP contribution in [0.15, 0.2) is 12.3 Å². The van der Waals surface area contributed by atoms with E-state index in [1.165, 1.54) is 25.7 Å². The van der Waals surface area contributed by atoms with Crippen molar-refractivity contribution >= 4 is 22.1 Å². The molecule has 0 aromatic rings. The second kappa shape index (κ2) is 14.9. The van der Waals surface area contributed by atoms with E-state index < -0.39 is 33.7 Å². The number of hydrogen-bond acceptors (Lipinski definition) is 6. The summed E-state index contributed by atoms with van der Waals surface area (Å²) in [4.78, 5) is 21.8. The van der Waals surface area contributed by atoms with Gasteiger partial charge in [-0.1, -0.05) is 45.4 Å². The topological polar surface area (TPSA) is 121 Å². The van der Waals surface area contributed by atoms with Crippen LogP contribution >= 0.6 is 0 Å². The van der Waals surface area contributed by atoms with Crippen molar-refractivity contribution in [3.05, 3.63) is 12.3 Å². The summed E-state index contributed by atoms with van der Waals surface area (Å²) < 4.78 is 35.2. The first-order valence-electron chi connectivity index (χ1n) is 7.80. The molecule has 134 valence electrons. The van der Waals surface area contributed by atoms with Gasteiger partial charge in [-0.3, -0.25) is 9.35 Å². The summed E-state index contributed by atoms with van der Waals surface area (Å²) in [6, 6.07) is 0. The molecule has 9 heteroatoms. The molecule has 0 spiro atoms. The molecule has 24 heavy (non-hydrogen) atoms. The zero-order valence-corrected chi connectivity index (χ0v) is 17.2. The molecule has 0 aromatic carbocycles. The number of ether oxygens (including phenoxy) is 1. The molecule has 0 saturated heterocycles. The minimum absolute atomic E-state index is 0. The SMILES string of the molecule is CCCCCCCCCC=COC(=O)C(CC(=O)[O-])S(=O)(=O)O.[Na+]. The van der Waals surface area contributed by atoms with Crippen LogP contribution in [0, 0.1) is 0 Å². The zero-order chi connectivity index (χ0) is 17.7. The molecule has 0 radical (unpaired) electrons. The molecule has 7 nitrogen and oxygen atoms in total. The predicted molar refractivity (Wildman–Crippen MR) is 82.8 cm³/mol. The Bertz CT molecular complexity index is 488. The van der Waals surface area contributed by atoms with E-state index in [1.54, 1.807) is 6.08 Å². The van der Waals surface area contributed by atoms with Crippen LogP contribution < -0.4 is 34.7 Å². The normalized spacial score (nSPS) is 12.6. The second-order valence-corrected chi connectivity index (χ2v) is 6.90. The van der Waals surface area contributed by atoms with Crippen molar-refractivity contribution in [1.29, 1.82) is 0 Å². The van der Waals surface area contributed by atoms with Crippen molar-refractivity contribution in [2.45, 2.75) is 70.0 Å². The van der Waals surface area contributed by atoms with E-state index in [4.69, 9.17) is 4.55 Å². The van der Waals surface area contributed by atoms with E-state index in [0.29, 0.717) is 6.42 Å². The summed E-state index contributed by atoms with van der Waals surface area (Å²) in [5.74, 6) is -3.11. The van der Waals surface area contributed by atoms with Crippen LogP contribution in [0.4, 0.5) is 0 Å². The van der Waals surface area contributed by atoms with Gasteiger partial charge in [0.15, 0.2) is 5.25 Å². The summed E-state index contributed by atoms with van der Waals surface area (Å²) >= 11 is 0. The van der Waals surface area contributed by atoms with Gasteiger partial charge >= 0.3 is 35.5 Å². The van der Waals surface area contributed by atoms with Crippen LogP contribution in [0.25, 0.3) is 0 Å². The molecule has 1 atom stereocenters. The van der Waals surface area contributed by atoms with E-state index in [0.717, 1.165) is 25.5 Å². The summed E-state index contributed by atoms with van der Waals surface area (Å²) in [6.07, 6.45) is 10.1. The third-order valence-electron chi connectivity index (χ3n) is 3.23. The minimum Gasteiger partial charge on any atom is -0.550 e. The summed E-state index contributed by atoms with van der Waals surface area (Å²) in [7, 11) is -4.85. The Morgan fingerprint density at radius 3 is 2.17 bits per heavy atom. The molecular formula is C15H25NaO7S. The van der Waals surface area contributed by atoms with E-state index in [2.05, 4.69) is 11.7 Å². The van der Waals surface area contributed by atoms with Gasteiger partial charge in [0.25, 0.3) is 10.1 Å². The molecule has 0 amide bonds. The summed E-state index contributed by atoms with van der Waals surface area (Å²) in [6.45, 7) is 2.16. The Morgan fingerprint density at radius 2 is 1.67 bits per heavy atom. The Kier molecular flexibility index (Phi) is 16.0. The van der Waals surface area contributed by atoms with Crippen molar-refractivity contribution in [2.75, 3.05) is 0 Å². The van der Waals surface area contributed by atoms with Gasteiger partial charge in [-0.05, 0) is 18.9 Å². The Morgan fingerprint density at radius 1 is 1.12 bits per heavy atom. The van der Waals surface area contributed by atoms with Crippen molar-refractivity contribution in [3.63, 3.8) is 0 Å². The van der Waals surface area contributed by atoms with Crippen LogP contribution in [0.3, 0.4) is 0 Å². The van der Waals surface area contributed by atoms with E-state index in [1.807, 2.05) is 0 Å². The molecule has 0 aliphatic carbocycles. The van der Waals surface area contributed by atoms with Gasteiger partial charge in [-0.15, -0.1) is 0 Å².